The molecule has 3 aromatic rings. The van der Waals surface area contributed by atoms with E-state index in [9.17, 15) is 4.39 Å². The van der Waals surface area contributed by atoms with Crippen LogP contribution in [0, 0.1) is 5.82 Å². The molecule has 0 fully saturated rings. The van der Waals surface area contributed by atoms with Crippen molar-refractivity contribution in [1.29, 1.82) is 0 Å². The van der Waals surface area contributed by atoms with Crippen molar-refractivity contribution >= 4 is 28.6 Å². The second-order valence-electron chi connectivity index (χ2n) is 4.00. The van der Waals surface area contributed by atoms with Gasteiger partial charge < -0.3 is 5.73 Å². The average Bonchev–Trinajstić information content (AvgIpc) is 2.95. The first-order chi connectivity index (χ1) is 9.13. The zero-order chi connectivity index (χ0) is 13.4. The van der Waals surface area contributed by atoms with Crippen molar-refractivity contribution in [2.24, 2.45) is 0 Å². The van der Waals surface area contributed by atoms with Gasteiger partial charge in [-0.3, -0.25) is 0 Å². The standard InChI is InChI=1S/C13H9ClFN3S/c14-12-4-8(7-19-12)13-11(16)6-18(17-13)10-3-1-2-9(15)5-10/h1-7H,16H2. The highest BCUT2D eigenvalue weighted by Crippen LogP contribution is 2.31. The molecular weight excluding hydrogens is 285 g/mol. The van der Waals surface area contributed by atoms with Gasteiger partial charge in [0, 0.05) is 10.9 Å². The molecule has 0 atom stereocenters. The van der Waals surface area contributed by atoms with Crippen LogP contribution in [0.2, 0.25) is 4.34 Å². The van der Waals surface area contributed by atoms with Gasteiger partial charge in [-0.05, 0) is 24.3 Å². The molecule has 0 saturated carbocycles. The van der Waals surface area contributed by atoms with E-state index in [1.165, 1.54) is 23.5 Å². The predicted octanol–water partition coefficient (Wildman–Crippen LogP) is 3.98. The van der Waals surface area contributed by atoms with Crippen molar-refractivity contribution in [2.45, 2.75) is 0 Å². The third-order valence-electron chi connectivity index (χ3n) is 2.66. The van der Waals surface area contributed by atoms with E-state index in [1.807, 2.05) is 5.38 Å². The van der Waals surface area contributed by atoms with Gasteiger partial charge in [0.2, 0.25) is 0 Å². The lowest BCUT2D eigenvalue weighted by Crippen LogP contribution is -1.95. The number of aromatic nitrogens is 2. The van der Waals surface area contributed by atoms with Gasteiger partial charge in [0.1, 0.15) is 11.5 Å². The molecule has 2 aromatic heterocycles. The first-order valence-electron chi connectivity index (χ1n) is 5.49. The highest BCUT2D eigenvalue weighted by Gasteiger charge is 2.11. The largest absolute Gasteiger partial charge is 0.396 e. The molecule has 96 valence electrons. The van der Waals surface area contributed by atoms with Crippen molar-refractivity contribution in [3.8, 4) is 16.9 Å². The molecule has 0 radical (unpaired) electrons. The minimum Gasteiger partial charge on any atom is -0.396 e. The van der Waals surface area contributed by atoms with E-state index in [4.69, 9.17) is 17.3 Å². The van der Waals surface area contributed by atoms with Gasteiger partial charge in [0.25, 0.3) is 0 Å². The molecule has 0 unspecified atom stereocenters. The van der Waals surface area contributed by atoms with E-state index in [-0.39, 0.29) is 5.82 Å². The van der Waals surface area contributed by atoms with E-state index in [1.54, 1.807) is 29.1 Å². The number of nitrogen functional groups attached to an aromatic ring is 1. The Labute approximate surface area is 118 Å². The van der Waals surface area contributed by atoms with Crippen LogP contribution in [0.4, 0.5) is 10.1 Å². The fourth-order valence-electron chi connectivity index (χ4n) is 1.80. The molecule has 0 aliphatic heterocycles. The number of hydrogen-bond acceptors (Lipinski definition) is 3. The molecule has 6 heteroatoms. The van der Waals surface area contributed by atoms with Crippen molar-refractivity contribution in [3.63, 3.8) is 0 Å². The van der Waals surface area contributed by atoms with Gasteiger partial charge in [-0.15, -0.1) is 11.3 Å². The Kier molecular flexibility index (Phi) is 3.00. The van der Waals surface area contributed by atoms with Crippen molar-refractivity contribution in [2.75, 3.05) is 5.73 Å². The molecule has 19 heavy (non-hydrogen) atoms. The molecular formula is C13H9ClFN3S. The second-order valence-corrected chi connectivity index (χ2v) is 5.54. The van der Waals surface area contributed by atoms with Gasteiger partial charge in [-0.2, -0.15) is 5.10 Å². The molecule has 0 aliphatic carbocycles. The number of nitrogens with two attached hydrogens (primary N) is 1. The Bertz CT molecular complexity index is 735. The summed E-state index contributed by atoms with van der Waals surface area (Å²) in [6.45, 7) is 0. The summed E-state index contributed by atoms with van der Waals surface area (Å²) in [5.74, 6) is -0.313. The maximum absolute atomic E-state index is 13.2. The minimum absolute atomic E-state index is 0.313. The molecule has 0 spiro atoms. The Morgan fingerprint density at radius 2 is 2.16 bits per heavy atom. The van der Waals surface area contributed by atoms with E-state index in [2.05, 4.69) is 5.10 Å². The highest BCUT2D eigenvalue weighted by molar-refractivity contribution is 7.14. The van der Waals surface area contributed by atoms with Crippen LogP contribution in [-0.2, 0) is 0 Å². The summed E-state index contributed by atoms with van der Waals surface area (Å²) in [5.41, 5.74) is 8.60. The quantitative estimate of drug-likeness (QED) is 0.777. The number of anilines is 1. The Hall–Kier alpha value is -1.85. The third-order valence-corrected chi connectivity index (χ3v) is 3.75. The molecule has 0 bridgehead atoms. The zero-order valence-electron chi connectivity index (χ0n) is 9.68. The Morgan fingerprint density at radius 1 is 1.32 bits per heavy atom. The normalized spacial score (nSPS) is 10.8. The van der Waals surface area contributed by atoms with E-state index >= 15 is 0 Å². The number of rotatable bonds is 2. The van der Waals surface area contributed by atoms with Crippen molar-refractivity contribution in [1.82, 2.24) is 9.78 Å². The lowest BCUT2D eigenvalue weighted by Gasteiger charge is -2.00. The molecule has 0 aliphatic rings. The summed E-state index contributed by atoms with van der Waals surface area (Å²) in [6.07, 6.45) is 1.66. The van der Waals surface area contributed by atoms with Crippen LogP contribution < -0.4 is 5.73 Å². The zero-order valence-corrected chi connectivity index (χ0v) is 11.2. The van der Waals surface area contributed by atoms with Crippen LogP contribution in [0.25, 0.3) is 16.9 Å². The maximum atomic E-state index is 13.2. The lowest BCUT2D eigenvalue weighted by atomic mass is 10.2. The molecule has 2 heterocycles. The number of thiophene rings is 1. The Balaban J connectivity index is 2.06. The molecule has 2 N–H and O–H groups in total. The number of benzene rings is 1. The topological polar surface area (TPSA) is 43.8 Å². The summed E-state index contributed by atoms with van der Waals surface area (Å²) in [6, 6.07) is 7.98. The average molecular weight is 294 g/mol. The van der Waals surface area contributed by atoms with Crippen LogP contribution in [-0.4, -0.2) is 9.78 Å². The first kappa shape index (κ1) is 12.2. The molecule has 3 rings (SSSR count). The van der Waals surface area contributed by atoms with Crippen LogP contribution in [0.15, 0.2) is 41.9 Å². The second kappa shape index (κ2) is 4.68. The summed E-state index contributed by atoms with van der Waals surface area (Å²) in [5, 5.41) is 6.26. The van der Waals surface area contributed by atoms with E-state index in [0.717, 1.165) is 5.56 Å². The van der Waals surface area contributed by atoms with Gasteiger partial charge in [-0.1, -0.05) is 17.7 Å². The SMILES string of the molecule is Nc1cn(-c2cccc(F)c2)nc1-c1csc(Cl)c1. The summed E-state index contributed by atoms with van der Waals surface area (Å²) >= 11 is 7.32. The van der Waals surface area contributed by atoms with E-state index < -0.39 is 0 Å². The third kappa shape index (κ3) is 2.34. The Morgan fingerprint density at radius 3 is 2.84 bits per heavy atom. The lowest BCUT2D eigenvalue weighted by molar-refractivity contribution is 0.625. The van der Waals surface area contributed by atoms with Crippen LogP contribution in [0.3, 0.4) is 0 Å². The fourth-order valence-corrected chi connectivity index (χ4v) is 2.66. The fraction of sp³-hybridized carbons (Fsp3) is 0. The number of hydrogen-bond donors (Lipinski definition) is 1. The van der Waals surface area contributed by atoms with Crippen LogP contribution in [0.5, 0.6) is 0 Å². The van der Waals surface area contributed by atoms with Crippen molar-refractivity contribution < 1.29 is 4.39 Å². The minimum atomic E-state index is -0.313. The maximum Gasteiger partial charge on any atom is 0.125 e. The monoisotopic (exact) mass is 293 g/mol. The molecule has 0 amide bonds. The number of halogens is 2. The van der Waals surface area contributed by atoms with Gasteiger partial charge in [0.05, 0.1) is 21.9 Å². The van der Waals surface area contributed by atoms with E-state index in [0.29, 0.717) is 21.4 Å². The van der Waals surface area contributed by atoms with Gasteiger partial charge in [0.15, 0.2) is 0 Å². The van der Waals surface area contributed by atoms with Gasteiger partial charge >= 0.3 is 0 Å². The number of nitrogens with zero attached hydrogens (tertiary/aromatic N) is 2. The summed E-state index contributed by atoms with van der Waals surface area (Å²) < 4.78 is 15.4. The van der Waals surface area contributed by atoms with Gasteiger partial charge in [-0.25, -0.2) is 9.07 Å². The molecule has 0 saturated heterocycles. The first-order valence-corrected chi connectivity index (χ1v) is 6.75. The van der Waals surface area contributed by atoms with Crippen molar-refractivity contribution in [3.05, 3.63) is 52.1 Å². The summed E-state index contributed by atoms with van der Waals surface area (Å²) in [4.78, 5) is 0. The van der Waals surface area contributed by atoms with Crippen LogP contribution in [0.1, 0.15) is 0 Å². The summed E-state index contributed by atoms with van der Waals surface area (Å²) in [7, 11) is 0. The predicted molar refractivity (Wildman–Crippen MR) is 76.3 cm³/mol. The highest BCUT2D eigenvalue weighted by atomic mass is 35.5. The molecule has 3 nitrogen and oxygen atoms in total. The smallest absolute Gasteiger partial charge is 0.125 e. The molecule has 1 aromatic carbocycles. The van der Waals surface area contributed by atoms with Crippen LogP contribution >= 0.6 is 22.9 Å².